The molecule has 3 N–H and O–H groups in total. The summed E-state index contributed by atoms with van der Waals surface area (Å²) < 4.78 is 5.44. The number of nitrogens with zero attached hydrogens (tertiary/aromatic N) is 3. The van der Waals surface area contributed by atoms with Gasteiger partial charge in [-0.25, -0.2) is 0 Å². The van der Waals surface area contributed by atoms with E-state index >= 15 is 0 Å². The molecule has 5 rings (SSSR count). The molecule has 2 aromatic carbocycles. The van der Waals surface area contributed by atoms with Crippen molar-refractivity contribution >= 4 is 23.5 Å². The van der Waals surface area contributed by atoms with Crippen molar-refractivity contribution in [2.24, 2.45) is 28.8 Å². The fourth-order valence-electron chi connectivity index (χ4n) is 8.35. The predicted octanol–water partition coefficient (Wildman–Crippen LogP) is 6.79. The van der Waals surface area contributed by atoms with Crippen molar-refractivity contribution in [3.63, 3.8) is 0 Å². The molecule has 3 amide bonds. The van der Waals surface area contributed by atoms with Crippen molar-refractivity contribution in [1.82, 2.24) is 16.0 Å². The molecule has 11 nitrogen and oxygen atoms in total. The number of epoxide rings is 1. The lowest BCUT2D eigenvalue weighted by molar-refractivity contribution is -0.134. The Morgan fingerprint density at radius 3 is 1.85 bits per heavy atom. The van der Waals surface area contributed by atoms with E-state index in [4.69, 9.17) is 4.74 Å². The summed E-state index contributed by atoms with van der Waals surface area (Å²) >= 11 is 0. The van der Waals surface area contributed by atoms with Gasteiger partial charge in [-0.2, -0.15) is 0 Å². The Hall–Kier alpha value is -4.21. The van der Waals surface area contributed by atoms with Crippen LogP contribution in [0, 0.1) is 23.7 Å². The average molecular weight is 727 g/mol. The third-order valence-electron chi connectivity index (χ3n) is 11.5. The first kappa shape index (κ1) is 40.0. The quantitative estimate of drug-likeness (QED) is 0.0665. The maximum Gasteiger partial charge on any atom is 0.243 e. The number of hydrogen-bond acceptors (Lipinski definition) is 6. The van der Waals surface area contributed by atoms with Crippen LogP contribution in [-0.4, -0.2) is 59.9 Å². The summed E-state index contributed by atoms with van der Waals surface area (Å²) in [4.78, 5) is 58.6. The van der Waals surface area contributed by atoms with Gasteiger partial charge in [0.05, 0.1) is 12.6 Å². The molecular weight excluding hydrogens is 668 g/mol. The summed E-state index contributed by atoms with van der Waals surface area (Å²) in [5.74, 6) is 0.161. The van der Waals surface area contributed by atoms with Crippen LogP contribution in [-0.2, 0) is 36.8 Å². The molecule has 0 aromatic heterocycles. The van der Waals surface area contributed by atoms with Gasteiger partial charge < -0.3 is 20.7 Å². The number of carbonyl (C=O) groups is 4. The number of benzene rings is 2. The second-order valence-electron chi connectivity index (χ2n) is 16.2. The zero-order chi connectivity index (χ0) is 37.8. The highest BCUT2D eigenvalue weighted by Gasteiger charge is 2.50. The summed E-state index contributed by atoms with van der Waals surface area (Å²) in [6.45, 7) is 6.02. The molecule has 2 aromatic rings. The monoisotopic (exact) mass is 726 g/mol. The molecule has 1 aliphatic heterocycles. The van der Waals surface area contributed by atoms with E-state index in [1.807, 2.05) is 74.5 Å². The van der Waals surface area contributed by atoms with E-state index in [0.717, 1.165) is 42.7 Å². The molecule has 286 valence electrons. The molecule has 3 aliphatic rings. The lowest BCUT2D eigenvalue weighted by Gasteiger charge is -2.37. The molecule has 0 spiro atoms. The van der Waals surface area contributed by atoms with E-state index in [0.29, 0.717) is 25.4 Å². The Kier molecular flexibility index (Phi) is 14.5. The van der Waals surface area contributed by atoms with Gasteiger partial charge in [0.1, 0.15) is 23.7 Å². The normalized spacial score (nSPS) is 23.8. The predicted molar refractivity (Wildman–Crippen MR) is 204 cm³/mol. The molecule has 53 heavy (non-hydrogen) atoms. The van der Waals surface area contributed by atoms with E-state index < -0.39 is 47.5 Å². The number of azide groups is 1. The second-order valence-corrected chi connectivity index (χ2v) is 16.2. The van der Waals surface area contributed by atoms with Crippen molar-refractivity contribution < 1.29 is 23.9 Å². The van der Waals surface area contributed by atoms with Gasteiger partial charge in [0.2, 0.25) is 17.7 Å². The third kappa shape index (κ3) is 11.9. The molecule has 3 fully saturated rings. The number of amides is 3. The van der Waals surface area contributed by atoms with Gasteiger partial charge in [-0.3, -0.25) is 19.2 Å². The van der Waals surface area contributed by atoms with Crippen molar-refractivity contribution in [3.8, 4) is 0 Å². The van der Waals surface area contributed by atoms with Gasteiger partial charge in [-0.15, -0.1) is 0 Å². The molecule has 0 bridgehead atoms. The maximum absolute atomic E-state index is 14.4. The average Bonchev–Trinajstić information content (AvgIpc) is 3.92. The van der Waals surface area contributed by atoms with Gasteiger partial charge in [0.25, 0.3) is 0 Å². The number of nitrogens with one attached hydrogen (secondary N) is 3. The van der Waals surface area contributed by atoms with Crippen LogP contribution >= 0.6 is 0 Å². The Morgan fingerprint density at radius 2 is 1.28 bits per heavy atom. The fourth-order valence-corrected chi connectivity index (χ4v) is 8.35. The first-order chi connectivity index (χ1) is 25.5. The zero-order valence-electron chi connectivity index (χ0n) is 31.7. The van der Waals surface area contributed by atoms with E-state index in [1.165, 1.54) is 32.1 Å². The van der Waals surface area contributed by atoms with Crippen molar-refractivity contribution in [3.05, 3.63) is 82.2 Å². The van der Waals surface area contributed by atoms with Gasteiger partial charge in [0, 0.05) is 11.3 Å². The molecule has 1 saturated heterocycles. The Balaban J connectivity index is 1.35. The standard InChI is InChI=1S/C42H58N6O5/c1-28(2)23-34(38(49)42(3)27-53-42)44-39(50)35(24-29-13-7-4-8-14-29)45-40(51)36(25-31-19-21-33(22-20-31)32-17-11-6-12-18-32)46-41(52)37(47-48-43)26-30-15-9-5-10-16-30/h4-5,7-10,13-16,28,31-37H,6,11-12,17-27H2,1-3H3,(H,44,50)(H,45,51)(H,46,52)/t31?,33?,34-,35-,36-,37-,42+/m0/s1. The molecule has 0 unspecified atom stereocenters. The highest BCUT2D eigenvalue weighted by molar-refractivity contribution is 5.98. The molecule has 2 aliphatic carbocycles. The Bertz CT molecular complexity index is 1560. The number of Topliss-reactive ketones (excluding diaryl/α,β-unsaturated/α-hetero) is 1. The van der Waals surface area contributed by atoms with Crippen molar-refractivity contribution in [2.45, 2.75) is 134 Å². The molecule has 1 heterocycles. The summed E-state index contributed by atoms with van der Waals surface area (Å²) in [6.07, 6.45) is 11.9. The largest absolute Gasteiger partial charge is 0.361 e. The van der Waals surface area contributed by atoms with E-state index in [2.05, 4.69) is 26.0 Å². The zero-order valence-corrected chi connectivity index (χ0v) is 31.7. The van der Waals surface area contributed by atoms with E-state index in [1.54, 1.807) is 6.92 Å². The summed E-state index contributed by atoms with van der Waals surface area (Å²) in [5, 5.41) is 12.7. The van der Waals surface area contributed by atoms with Crippen LogP contribution in [0.2, 0.25) is 0 Å². The van der Waals surface area contributed by atoms with E-state index in [9.17, 15) is 24.7 Å². The van der Waals surface area contributed by atoms with Crippen molar-refractivity contribution in [2.75, 3.05) is 6.61 Å². The molecule has 5 atom stereocenters. The van der Waals surface area contributed by atoms with Crippen LogP contribution < -0.4 is 16.0 Å². The number of carbonyl (C=O) groups excluding carboxylic acids is 4. The fraction of sp³-hybridized carbons (Fsp3) is 0.619. The van der Waals surface area contributed by atoms with Crippen LogP contribution in [0.3, 0.4) is 0 Å². The van der Waals surface area contributed by atoms with Crippen LogP contribution in [0.25, 0.3) is 10.4 Å². The maximum atomic E-state index is 14.4. The number of hydrogen-bond donors (Lipinski definition) is 3. The minimum atomic E-state index is -1.06. The highest BCUT2D eigenvalue weighted by atomic mass is 16.6. The Labute approximate surface area is 314 Å². The first-order valence-electron chi connectivity index (χ1n) is 19.8. The van der Waals surface area contributed by atoms with Crippen LogP contribution in [0.4, 0.5) is 0 Å². The molecular formula is C42H58N6O5. The molecule has 11 heteroatoms. The smallest absolute Gasteiger partial charge is 0.243 e. The summed E-state index contributed by atoms with van der Waals surface area (Å²) in [5.41, 5.74) is 10.1. The van der Waals surface area contributed by atoms with E-state index in [-0.39, 0.29) is 30.5 Å². The second kappa shape index (κ2) is 19.2. The van der Waals surface area contributed by atoms with Gasteiger partial charge in [-0.1, -0.05) is 125 Å². The van der Waals surface area contributed by atoms with Crippen LogP contribution in [0.1, 0.15) is 103 Å². The topological polar surface area (TPSA) is 166 Å². The lowest BCUT2D eigenvalue weighted by atomic mass is 9.70. The first-order valence-corrected chi connectivity index (χ1v) is 19.8. The van der Waals surface area contributed by atoms with Gasteiger partial charge >= 0.3 is 0 Å². The third-order valence-corrected chi connectivity index (χ3v) is 11.5. The number of rotatable bonds is 18. The number of ether oxygens (including phenoxy) is 1. The summed E-state index contributed by atoms with van der Waals surface area (Å²) in [6, 6.07) is 14.9. The van der Waals surface area contributed by atoms with Gasteiger partial charge in [0.15, 0.2) is 5.78 Å². The summed E-state index contributed by atoms with van der Waals surface area (Å²) in [7, 11) is 0. The van der Waals surface area contributed by atoms with Crippen LogP contribution in [0.15, 0.2) is 65.8 Å². The minimum Gasteiger partial charge on any atom is -0.361 e. The SMILES string of the molecule is CC(C)C[C@H](NC(=O)[C@H](Cc1ccccc1)NC(=O)[C@H](CC1CCC(C2CCCCC2)CC1)NC(=O)[C@H](Cc1ccccc1)N=[N+]=[N-])C(=O)[C@@]1(C)CO1. The highest BCUT2D eigenvalue weighted by Crippen LogP contribution is 2.41. The van der Waals surface area contributed by atoms with Crippen molar-refractivity contribution in [1.29, 1.82) is 0 Å². The Morgan fingerprint density at radius 1 is 0.755 bits per heavy atom. The molecule has 2 saturated carbocycles. The minimum absolute atomic E-state index is 0.126. The number of ketones is 1. The molecule has 0 radical (unpaired) electrons. The van der Waals surface area contributed by atoms with Gasteiger partial charge in [-0.05, 0) is 79.4 Å². The van der Waals surface area contributed by atoms with Crippen LogP contribution in [0.5, 0.6) is 0 Å². The lowest BCUT2D eigenvalue weighted by Crippen LogP contribution is -2.58.